The van der Waals surface area contributed by atoms with Gasteiger partial charge >= 0.3 is 0 Å². The molecule has 1 aromatic carbocycles. The fraction of sp³-hybridized carbons (Fsp3) is 0.500. The second-order valence-electron chi connectivity index (χ2n) is 4.85. The van der Waals surface area contributed by atoms with Crippen molar-refractivity contribution in [3.63, 3.8) is 0 Å². The van der Waals surface area contributed by atoms with Gasteiger partial charge in [-0.1, -0.05) is 26.8 Å². The Hall–Kier alpha value is -1.18. The number of nitrogens with zero attached hydrogens (tertiary/aromatic N) is 1. The van der Waals surface area contributed by atoms with Gasteiger partial charge in [0.25, 0.3) is 0 Å². The average molecular weight is 193 g/mol. The van der Waals surface area contributed by atoms with Crippen molar-refractivity contribution < 1.29 is 5.11 Å². The van der Waals surface area contributed by atoms with E-state index in [1.165, 1.54) is 0 Å². The van der Waals surface area contributed by atoms with Crippen LogP contribution in [0.2, 0.25) is 0 Å². The van der Waals surface area contributed by atoms with E-state index in [0.717, 1.165) is 11.3 Å². The van der Waals surface area contributed by atoms with Crippen molar-refractivity contribution in [2.45, 2.75) is 26.2 Å². The minimum Gasteiger partial charge on any atom is -0.508 e. The molecule has 0 aliphatic heterocycles. The summed E-state index contributed by atoms with van der Waals surface area (Å²) in [6, 6.07) is 5.82. The predicted molar refractivity (Wildman–Crippen MR) is 61.1 cm³/mol. The van der Waals surface area contributed by atoms with Crippen LogP contribution in [0.1, 0.15) is 26.3 Å². The molecule has 0 heterocycles. The Morgan fingerprint density at radius 3 is 2.07 bits per heavy atom. The number of benzene rings is 1. The number of phenols is 1. The van der Waals surface area contributed by atoms with Crippen LogP contribution in [0.4, 0.5) is 5.69 Å². The summed E-state index contributed by atoms with van der Waals surface area (Å²) in [6.45, 7) is 6.28. The maximum Gasteiger partial charge on any atom is 0.121 e. The molecule has 0 saturated carbocycles. The molecule has 14 heavy (non-hydrogen) atoms. The van der Waals surface area contributed by atoms with E-state index in [4.69, 9.17) is 0 Å². The Balaban J connectivity index is 3.15. The summed E-state index contributed by atoms with van der Waals surface area (Å²) in [6.07, 6.45) is 0. The van der Waals surface area contributed by atoms with Gasteiger partial charge in [0, 0.05) is 25.8 Å². The molecule has 0 radical (unpaired) electrons. The quantitative estimate of drug-likeness (QED) is 0.741. The van der Waals surface area contributed by atoms with Crippen LogP contribution in [-0.2, 0) is 5.41 Å². The molecule has 0 bridgehead atoms. The van der Waals surface area contributed by atoms with Crippen LogP contribution < -0.4 is 4.90 Å². The molecule has 0 unspecified atom stereocenters. The molecule has 0 atom stereocenters. The predicted octanol–water partition coefficient (Wildman–Crippen LogP) is 2.76. The summed E-state index contributed by atoms with van der Waals surface area (Å²) >= 11 is 0. The molecule has 1 rings (SSSR count). The molecule has 78 valence electrons. The maximum absolute atomic E-state index is 9.85. The summed E-state index contributed by atoms with van der Waals surface area (Å²) in [7, 11) is 3.93. The summed E-state index contributed by atoms with van der Waals surface area (Å²) in [5.74, 6) is 0.378. The highest BCUT2D eigenvalue weighted by Gasteiger charge is 2.17. The normalized spacial score (nSPS) is 11.5. The first-order valence-electron chi connectivity index (χ1n) is 4.83. The van der Waals surface area contributed by atoms with Crippen molar-refractivity contribution >= 4 is 5.69 Å². The molecule has 0 fully saturated rings. The van der Waals surface area contributed by atoms with Gasteiger partial charge in [-0.3, -0.25) is 0 Å². The number of hydrogen-bond donors (Lipinski definition) is 1. The van der Waals surface area contributed by atoms with Crippen molar-refractivity contribution in [2.75, 3.05) is 19.0 Å². The van der Waals surface area contributed by atoms with E-state index in [-0.39, 0.29) is 5.41 Å². The maximum atomic E-state index is 9.85. The fourth-order valence-corrected chi connectivity index (χ4v) is 1.43. The molecular weight excluding hydrogens is 174 g/mol. The number of rotatable bonds is 1. The lowest BCUT2D eigenvalue weighted by Crippen LogP contribution is -2.13. The van der Waals surface area contributed by atoms with E-state index in [1.807, 2.05) is 31.1 Å². The van der Waals surface area contributed by atoms with E-state index in [2.05, 4.69) is 20.8 Å². The minimum absolute atomic E-state index is 0.00503. The fourth-order valence-electron chi connectivity index (χ4n) is 1.43. The van der Waals surface area contributed by atoms with Crippen LogP contribution in [-0.4, -0.2) is 19.2 Å². The van der Waals surface area contributed by atoms with Crippen LogP contribution >= 0.6 is 0 Å². The Labute approximate surface area is 86.2 Å². The van der Waals surface area contributed by atoms with E-state index < -0.39 is 0 Å². The molecule has 1 aromatic rings. The lowest BCUT2D eigenvalue weighted by Gasteiger charge is -2.22. The van der Waals surface area contributed by atoms with Gasteiger partial charge in [0.2, 0.25) is 0 Å². The second-order valence-corrected chi connectivity index (χ2v) is 4.85. The van der Waals surface area contributed by atoms with Gasteiger partial charge in [0.05, 0.1) is 0 Å². The van der Waals surface area contributed by atoms with E-state index in [1.54, 1.807) is 6.07 Å². The zero-order chi connectivity index (χ0) is 10.9. The SMILES string of the molecule is CN(C)c1ccc(C(C)(C)C)c(O)c1. The van der Waals surface area contributed by atoms with Gasteiger partial charge in [-0.15, -0.1) is 0 Å². The summed E-state index contributed by atoms with van der Waals surface area (Å²) in [4.78, 5) is 1.98. The third-order valence-electron chi connectivity index (χ3n) is 2.31. The average Bonchev–Trinajstić information content (AvgIpc) is 2.01. The molecule has 1 N–H and O–H groups in total. The smallest absolute Gasteiger partial charge is 0.121 e. The Bertz CT molecular complexity index is 324. The minimum atomic E-state index is -0.00503. The van der Waals surface area contributed by atoms with Crippen molar-refractivity contribution in [1.82, 2.24) is 0 Å². The third kappa shape index (κ3) is 2.19. The van der Waals surface area contributed by atoms with Crippen molar-refractivity contribution in [3.05, 3.63) is 23.8 Å². The highest BCUT2D eigenvalue weighted by molar-refractivity contribution is 5.53. The van der Waals surface area contributed by atoms with Crippen molar-refractivity contribution in [2.24, 2.45) is 0 Å². The Kier molecular flexibility index (Phi) is 2.74. The van der Waals surface area contributed by atoms with Gasteiger partial charge < -0.3 is 10.0 Å². The first-order valence-corrected chi connectivity index (χ1v) is 4.83. The molecule has 2 nitrogen and oxygen atoms in total. The Morgan fingerprint density at radius 1 is 1.14 bits per heavy atom. The third-order valence-corrected chi connectivity index (χ3v) is 2.31. The molecular formula is C12H19NO. The number of phenolic OH excluding ortho intramolecular Hbond substituents is 1. The zero-order valence-corrected chi connectivity index (χ0v) is 9.63. The van der Waals surface area contributed by atoms with Crippen LogP contribution in [0.3, 0.4) is 0 Å². The molecule has 0 aliphatic carbocycles. The van der Waals surface area contributed by atoms with Gasteiger partial charge in [0.1, 0.15) is 5.75 Å². The van der Waals surface area contributed by atoms with E-state index in [0.29, 0.717) is 5.75 Å². The standard InChI is InChI=1S/C12H19NO/c1-12(2,3)10-7-6-9(13(4)5)8-11(10)14/h6-8,14H,1-5H3. The summed E-state index contributed by atoms with van der Waals surface area (Å²) in [5.41, 5.74) is 2.01. The van der Waals surface area contributed by atoms with Gasteiger partial charge in [-0.25, -0.2) is 0 Å². The first kappa shape index (κ1) is 10.9. The van der Waals surface area contributed by atoms with Crippen LogP contribution in [0.5, 0.6) is 5.75 Å². The number of hydrogen-bond acceptors (Lipinski definition) is 2. The van der Waals surface area contributed by atoms with Crippen LogP contribution in [0.25, 0.3) is 0 Å². The largest absolute Gasteiger partial charge is 0.508 e. The lowest BCUT2D eigenvalue weighted by atomic mass is 9.86. The summed E-state index contributed by atoms with van der Waals surface area (Å²) < 4.78 is 0. The van der Waals surface area contributed by atoms with E-state index in [9.17, 15) is 5.11 Å². The number of aromatic hydroxyl groups is 1. The van der Waals surface area contributed by atoms with Crippen molar-refractivity contribution in [3.8, 4) is 5.75 Å². The summed E-state index contributed by atoms with van der Waals surface area (Å²) in [5, 5.41) is 9.85. The highest BCUT2D eigenvalue weighted by atomic mass is 16.3. The lowest BCUT2D eigenvalue weighted by molar-refractivity contribution is 0.447. The van der Waals surface area contributed by atoms with Crippen LogP contribution in [0.15, 0.2) is 18.2 Å². The van der Waals surface area contributed by atoms with Crippen LogP contribution in [0, 0.1) is 0 Å². The topological polar surface area (TPSA) is 23.5 Å². The van der Waals surface area contributed by atoms with Gasteiger partial charge in [0.15, 0.2) is 0 Å². The molecule has 0 spiro atoms. The van der Waals surface area contributed by atoms with Gasteiger partial charge in [-0.2, -0.15) is 0 Å². The van der Waals surface area contributed by atoms with Gasteiger partial charge in [-0.05, 0) is 17.0 Å². The number of anilines is 1. The zero-order valence-electron chi connectivity index (χ0n) is 9.63. The molecule has 0 amide bonds. The van der Waals surface area contributed by atoms with Crippen molar-refractivity contribution in [1.29, 1.82) is 0 Å². The monoisotopic (exact) mass is 193 g/mol. The Morgan fingerprint density at radius 2 is 1.71 bits per heavy atom. The molecule has 0 aromatic heterocycles. The van der Waals surface area contributed by atoms with E-state index >= 15 is 0 Å². The molecule has 0 saturated heterocycles. The second kappa shape index (κ2) is 3.52. The molecule has 0 aliphatic rings. The first-order chi connectivity index (χ1) is 6.32. The highest BCUT2D eigenvalue weighted by Crippen LogP contribution is 2.32. The molecule has 2 heteroatoms.